The number of carbonyl (C=O) groups is 1. The van der Waals surface area contributed by atoms with Crippen LogP contribution >= 0.6 is 0 Å². The number of rotatable bonds is 4. The smallest absolute Gasteiger partial charge is 0.227 e. The lowest BCUT2D eigenvalue weighted by Crippen LogP contribution is -2.54. The summed E-state index contributed by atoms with van der Waals surface area (Å²) in [6, 6.07) is 7.82. The van der Waals surface area contributed by atoms with E-state index in [0.29, 0.717) is 13.0 Å². The maximum absolute atomic E-state index is 12.6. The highest BCUT2D eigenvalue weighted by Crippen LogP contribution is 2.40. The van der Waals surface area contributed by atoms with Crippen molar-refractivity contribution in [2.24, 2.45) is 5.41 Å². The fourth-order valence-corrected chi connectivity index (χ4v) is 4.47. The molecule has 2 aliphatic heterocycles. The summed E-state index contributed by atoms with van der Waals surface area (Å²) < 4.78 is 0. The average molecular weight is 380 g/mol. The van der Waals surface area contributed by atoms with Crippen LogP contribution in [0.5, 0.6) is 0 Å². The molecule has 7 nitrogen and oxygen atoms in total. The summed E-state index contributed by atoms with van der Waals surface area (Å²) in [5, 5.41) is 3.12. The molecule has 0 aromatic carbocycles. The van der Waals surface area contributed by atoms with Crippen molar-refractivity contribution in [3.8, 4) is 0 Å². The highest BCUT2D eigenvalue weighted by atomic mass is 16.2. The Morgan fingerprint density at radius 1 is 1.21 bits per heavy atom. The lowest BCUT2D eigenvalue weighted by atomic mass is 9.73. The molecule has 1 atom stereocenters. The van der Waals surface area contributed by atoms with Gasteiger partial charge in [-0.15, -0.1) is 0 Å². The van der Waals surface area contributed by atoms with Crippen molar-refractivity contribution in [3.05, 3.63) is 41.9 Å². The average Bonchev–Trinajstić information content (AvgIpc) is 2.71. The van der Waals surface area contributed by atoms with Gasteiger partial charge in [-0.1, -0.05) is 6.07 Å². The molecule has 1 spiro atoms. The largest absolute Gasteiger partial charge is 0.373 e. The summed E-state index contributed by atoms with van der Waals surface area (Å²) in [7, 11) is 1.88. The fourth-order valence-electron chi connectivity index (χ4n) is 4.47. The molecule has 1 amide bonds. The number of piperidine rings is 2. The Labute approximate surface area is 166 Å². The molecule has 2 aromatic rings. The lowest BCUT2D eigenvalue weighted by molar-refractivity contribution is -0.138. The molecule has 2 aromatic heterocycles. The molecule has 1 N–H and O–H groups in total. The molecular weight excluding hydrogens is 352 g/mol. The number of nitrogens with one attached hydrogen (secondary N) is 1. The van der Waals surface area contributed by atoms with Crippen LogP contribution in [0.15, 0.2) is 30.5 Å². The van der Waals surface area contributed by atoms with Crippen LogP contribution in [-0.4, -0.2) is 52.4 Å². The normalized spacial score (nSPS) is 22.6. The highest BCUT2D eigenvalue weighted by Gasteiger charge is 2.42. The standard InChI is InChI=1S/C21H28N6O/c1-16-12-18(22-2)25-20(24-16)26-11-5-8-21(14-26)9-7-19(28)27(15-21)13-17-6-3-4-10-23-17/h3-4,6,10,12H,5,7-9,11,13-15H2,1-2H3,(H,22,24,25)/t21-/m0/s1. The van der Waals surface area contributed by atoms with Gasteiger partial charge < -0.3 is 15.1 Å². The predicted molar refractivity (Wildman–Crippen MR) is 109 cm³/mol. The van der Waals surface area contributed by atoms with Gasteiger partial charge in [0.2, 0.25) is 11.9 Å². The minimum absolute atomic E-state index is 0.105. The molecule has 0 unspecified atom stereocenters. The SMILES string of the molecule is CNc1cc(C)nc(N2CCC[C@]3(CCC(=O)N(Cc4ccccn4)C3)C2)n1. The number of amides is 1. The molecule has 2 saturated heterocycles. The molecule has 0 aliphatic carbocycles. The third-order valence-electron chi connectivity index (χ3n) is 5.87. The second kappa shape index (κ2) is 7.73. The van der Waals surface area contributed by atoms with E-state index in [9.17, 15) is 4.79 Å². The molecule has 28 heavy (non-hydrogen) atoms. The summed E-state index contributed by atoms with van der Waals surface area (Å²) in [6.07, 6.45) is 5.57. The predicted octanol–water partition coefficient (Wildman–Crippen LogP) is 2.63. The van der Waals surface area contributed by atoms with E-state index in [2.05, 4.69) is 25.2 Å². The van der Waals surface area contributed by atoms with Gasteiger partial charge in [0.25, 0.3) is 0 Å². The first-order valence-electron chi connectivity index (χ1n) is 10.0. The van der Waals surface area contributed by atoms with E-state index in [1.165, 1.54) is 0 Å². The van der Waals surface area contributed by atoms with Gasteiger partial charge in [0.1, 0.15) is 5.82 Å². The number of aromatic nitrogens is 3. The lowest BCUT2D eigenvalue weighted by Gasteiger charge is -2.48. The van der Waals surface area contributed by atoms with Crippen molar-refractivity contribution in [2.45, 2.75) is 39.2 Å². The Balaban J connectivity index is 1.52. The van der Waals surface area contributed by atoms with Crippen LogP contribution in [0.25, 0.3) is 0 Å². The van der Waals surface area contributed by atoms with Gasteiger partial charge in [-0.25, -0.2) is 4.98 Å². The van der Waals surface area contributed by atoms with E-state index in [4.69, 9.17) is 0 Å². The van der Waals surface area contributed by atoms with E-state index in [-0.39, 0.29) is 11.3 Å². The molecule has 148 valence electrons. The fraction of sp³-hybridized carbons (Fsp3) is 0.524. The van der Waals surface area contributed by atoms with E-state index in [1.807, 2.05) is 43.1 Å². The Morgan fingerprint density at radius 3 is 2.89 bits per heavy atom. The first-order valence-corrected chi connectivity index (χ1v) is 10.0. The minimum Gasteiger partial charge on any atom is -0.373 e. The molecule has 7 heteroatoms. The zero-order valence-electron chi connectivity index (χ0n) is 16.7. The molecular formula is C21H28N6O. The van der Waals surface area contributed by atoms with Crippen LogP contribution in [0.4, 0.5) is 11.8 Å². The van der Waals surface area contributed by atoms with Gasteiger partial charge in [-0.2, -0.15) is 4.98 Å². The maximum Gasteiger partial charge on any atom is 0.227 e. The van der Waals surface area contributed by atoms with Crippen LogP contribution in [0.1, 0.15) is 37.1 Å². The van der Waals surface area contributed by atoms with E-state index < -0.39 is 0 Å². The summed E-state index contributed by atoms with van der Waals surface area (Å²) in [5.74, 6) is 1.87. The summed E-state index contributed by atoms with van der Waals surface area (Å²) in [6.45, 7) is 5.23. The van der Waals surface area contributed by atoms with Crippen LogP contribution < -0.4 is 10.2 Å². The molecule has 4 heterocycles. The van der Waals surface area contributed by atoms with Crippen molar-refractivity contribution in [1.82, 2.24) is 19.9 Å². The summed E-state index contributed by atoms with van der Waals surface area (Å²) in [4.78, 5) is 30.6. The Kier molecular flexibility index (Phi) is 5.15. The third kappa shape index (κ3) is 3.93. The topological polar surface area (TPSA) is 74.2 Å². The second-order valence-corrected chi connectivity index (χ2v) is 8.04. The monoisotopic (exact) mass is 380 g/mol. The molecule has 4 rings (SSSR count). The van der Waals surface area contributed by atoms with Crippen molar-refractivity contribution in [1.29, 1.82) is 0 Å². The first-order chi connectivity index (χ1) is 13.6. The van der Waals surface area contributed by atoms with E-state index >= 15 is 0 Å². The van der Waals surface area contributed by atoms with Gasteiger partial charge in [0.15, 0.2) is 0 Å². The van der Waals surface area contributed by atoms with Gasteiger partial charge in [0, 0.05) is 56.5 Å². The van der Waals surface area contributed by atoms with Crippen molar-refractivity contribution >= 4 is 17.7 Å². The number of aryl methyl sites for hydroxylation is 1. The van der Waals surface area contributed by atoms with Gasteiger partial charge in [0.05, 0.1) is 12.2 Å². The quantitative estimate of drug-likeness (QED) is 0.879. The van der Waals surface area contributed by atoms with Gasteiger partial charge in [-0.05, 0) is 38.3 Å². The van der Waals surface area contributed by atoms with Crippen LogP contribution in [-0.2, 0) is 11.3 Å². The Hall–Kier alpha value is -2.70. The number of carbonyl (C=O) groups excluding carboxylic acids is 1. The zero-order valence-corrected chi connectivity index (χ0v) is 16.7. The molecule has 0 bridgehead atoms. The van der Waals surface area contributed by atoms with Crippen molar-refractivity contribution < 1.29 is 4.79 Å². The van der Waals surface area contributed by atoms with Gasteiger partial charge >= 0.3 is 0 Å². The Bertz CT molecular complexity index is 842. The number of likely N-dealkylation sites (tertiary alicyclic amines) is 1. The summed E-state index contributed by atoms with van der Waals surface area (Å²) >= 11 is 0. The summed E-state index contributed by atoms with van der Waals surface area (Å²) in [5.41, 5.74) is 2.01. The molecule has 2 aliphatic rings. The minimum atomic E-state index is 0.105. The second-order valence-electron chi connectivity index (χ2n) is 8.04. The number of pyridine rings is 1. The molecule has 2 fully saturated rings. The first kappa shape index (κ1) is 18.7. The molecule has 0 radical (unpaired) electrons. The van der Waals surface area contributed by atoms with Gasteiger partial charge in [-0.3, -0.25) is 9.78 Å². The van der Waals surface area contributed by atoms with Crippen molar-refractivity contribution in [2.75, 3.05) is 36.9 Å². The third-order valence-corrected chi connectivity index (χ3v) is 5.87. The van der Waals surface area contributed by atoms with Crippen molar-refractivity contribution in [3.63, 3.8) is 0 Å². The number of hydrogen-bond acceptors (Lipinski definition) is 6. The number of anilines is 2. The van der Waals surface area contributed by atoms with Crippen LogP contribution in [0.3, 0.4) is 0 Å². The zero-order chi connectivity index (χ0) is 19.6. The van der Waals surface area contributed by atoms with Crippen LogP contribution in [0.2, 0.25) is 0 Å². The Morgan fingerprint density at radius 2 is 2.11 bits per heavy atom. The van der Waals surface area contributed by atoms with Crippen LogP contribution in [0, 0.1) is 12.3 Å². The number of nitrogens with zero attached hydrogens (tertiary/aromatic N) is 5. The maximum atomic E-state index is 12.6. The number of hydrogen-bond donors (Lipinski definition) is 1. The molecule has 0 saturated carbocycles. The van der Waals surface area contributed by atoms with E-state index in [0.717, 1.165) is 62.1 Å². The van der Waals surface area contributed by atoms with E-state index in [1.54, 1.807) is 6.20 Å². The highest BCUT2D eigenvalue weighted by molar-refractivity contribution is 5.77.